The Kier molecular flexibility index (Phi) is 3.89. The lowest BCUT2D eigenvalue weighted by molar-refractivity contribution is -0.121. The van der Waals surface area contributed by atoms with Crippen LogP contribution in [0.3, 0.4) is 0 Å². The second-order valence-corrected chi connectivity index (χ2v) is 6.50. The molecule has 3 rings (SSSR count). The van der Waals surface area contributed by atoms with Gasteiger partial charge in [-0.2, -0.15) is 0 Å². The first-order chi connectivity index (χ1) is 9.20. The average molecular weight is 323 g/mol. The fourth-order valence-corrected chi connectivity index (χ4v) is 3.01. The van der Waals surface area contributed by atoms with Gasteiger partial charge in [0.15, 0.2) is 0 Å². The van der Waals surface area contributed by atoms with Crippen molar-refractivity contribution in [1.29, 1.82) is 0 Å². The molecule has 1 saturated heterocycles. The van der Waals surface area contributed by atoms with Crippen LogP contribution in [0.25, 0.3) is 0 Å². The largest absolute Gasteiger partial charge is 0.352 e. The second-order valence-electron chi connectivity index (χ2n) is 5.58. The number of carbonyl (C=O) groups excluding carboxylic acids is 1. The van der Waals surface area contributed by atoms with Crippen molar-refractivity contribution < 1.29 is 4.79 Å². The smallest absolute Gasteiger partial charge is 0.224 e. The number of hydrogen-bond donors (Lipinski definition) is 1. The predicted molar refractivity (Wildman–Crippen MR) is 79.0 cm³/mol. The van der Waals surface area contributed by atoms with E-state index in [0.717, 1.165) is 35.6 Å². The first-order valence-corrected chi connectivity index (χ1v) is 7.78. The van der Waals surface area contributed by atoms with Crippen LogP contribution in [-0.2, 0) is 11.2 Å². The molecule has 2 aliphatic rings. The lowest BCUT2D eigenvalue weighted by atomic mass is 10.1. The topological polar surface area (TPSA) is 32.3 Å². The van der Waals surface area contributed by atoms with Crippen molar-refractivity contribution in [3.05, 3.63) is 34.3 Å². The predicted octanol–water partition coefficient (Wildman–Crippen LogP) is 2.34. The summed E-state index contributed by atoms with van der Waals surface area (Å²) in [5, 5.41) is 3.16. The molecule has 1 aliphatic heterocycles. The molecule has 1 aromatic rings. The number of halogens is 1. The summed E-state index contributed by atoms with van der Waals surface area (Å²) in [5.74, 6) is 0.143. The highest BCUT2D eigenvalue weighted by Gasteiger charge is 2.34. The fraction of sp³-hybridized carbons (Fsp3) is 0.533. The summed E-state index contributed by atoms with van der Waals surface area (Å²) in [6, 6.07) is 9.11. The van der Waals surface area contributed by atoms with Gasteiger partial charge in [-0.05, 0) is 37.0 Å². The minimum Gasteiger partial charge on any atom is -0.352 e. The van der Waals surface area contributed by atoms with Crippen molar-refractivity contribution in [1.82, 2.24) is 10.2 Å². The van der Waals surface area contributed by atoms with Crippen LogP contribution in [0.1, 0.15) is 24.8 Å². The van der Waals surface area contributed by atoms with Crippen molar-refractivity contribution >= 4 is 21.8 Å². The van der Waals surface area contributed by atoms with E-state index in [0.29, 0.717) is 12.5 Å². The highest BCUT2D eigenvalue weighted by Crippen LogP contribution is 2.29. The quantitative estimate of drug-likeness (QED) is 0.922. The monoisotopic (exact) mass is 322 g/mol. The minimum atomic E-state index is 0.143. The molecular weight excluding hydrogens is 304 g/mol. The third kappa shape index (κ3) is 3.57. The van der Waals surface area contributed by atoms with E-state index in [1.165, 1.54) is 12.8 Å². The standard InChI is InChI=1S/C15H19BrN2O/c16-12-3-1-11(2-4-12)9-15(19)17-13-7-8-18(10-13)14-5-6-14/h1-4,13-14H,5-10H2,(H,17,19)/t13-/m1/s1. The molecule has 1 saturated carbocycles. The number of hydrogen-bond acceptors (Lipinski definition) is 2. The van der Waals surface area contributed by atoms with Gasteiger partial charge in [-0.1, -0.05) is 28.1 Å². The molecule has 2 fully saturated rings. The molecule has 0 radical (unpaired) electrons. The zero-order chi connectivity index (χ0) is 13.2. The third-order valence-corrected chi connectivity index (χ3v) is 4.45. The molecule has 1 aromatic carbocycles. The molecular formula is C15H19BrN2O. The van der Waals surface area contributed by atoms with Crippen LogP contribution >= 0.6 is 15.9 Å². The molecule has 1 aliphatic carbocycles. The van der Waals surface area contributed by atoms with Crippen LogP contribution in [-0.4, -0.2) is 36.0 Å². The van der Waals surface area contributed by atoms with E-state index in [9.17, 15) is 4.79 Å². The summed E-state index contributed by atoms with van der Waals surface area (Å²) in [6.45, 7) is 2.19. The van der Waals surface area contributed by atoms with Crippen LogP contribution in [0.4, 0.5) is 0 Å². The lowest BCUT2D eigenvalue weighted by Crippen LogP contribution is -2.38. The Hall–Kier alpha value is -0.870. The van der Waals surface area contributed by atoms with Gasteiger partial charge < -0.3 is 5.32 Å². The second kappa shape index (κ2) is 5.63. The Morgan fingerprint density at radius 3 is 2.68 bits per heavy atom. The van der Waals surface area contributed by atoms with Gasteiger partial charge in [-0.25, -0.2) is 0 Å². The summed E-state index contributed by atoms with van der Waals surface area (Å²) in [5.41, 5.74) is 1.07. The molecule has 0 bridgehead atoms. The molecule has 0 unspecified atom stereocenters. The number of benzene rings is 1. The summed E-state index contributed by atoms with van der Waals surface area (Å²) < 4.78 is 1.05. The van der Waals surface area contributed by atoms with Crippen LogP contribution in [0, 0.1) is 0 Å². The van der Waals surface area contributed by atoms with Gasteiger partial charge in [0.25, 0.3) is 0 Å². The molecule has 4 heteroatoms. The first kappa shape index (κ1) is 13.1. The Labute approximate surface area is 122 Å². The zero-order valence-electron chi connectivity index (χ0n) is 10.9. The van der Waals surface area contributed by atoms with Crippen molar-refractivity contribution in [3.63, 3.8) is 0 Å². The van der Waals surface area contributed by atoms with Crippen LogP contribution in [0.15, 0.2) is 28.7 Å². The van der Waals surface area contributed by atoms with E-state index >= 15 is 0 Å². The molecule has 0 aromatic heterocycles. The molecule has 102 valence electrons. The highest BCUT2D eigenvalue weighted by molar-refractivity contribution is 9.10. The van der Waals surface area contributed by atoms with Crippen LogP contribution < -0.4 is 5.32 Å². The number of nitrogens with one attached hydrogen (secondary N) is 1. The number of carbonyl (C=O) groups is 1. The van der Waals surface area contributed by atoms with E-state index in [1.54, 1.807) is 0 Å². The van der Waals surface area contributed by atoms with Gasteiger partial charge in [0.05, 0.1) is 6.42 Å². The van der Waals surface area contributed by atoms with Crippen molar-refractivity contribution in [2.24, 2.45) is 0 Å². The lowest BCUT2D eigenvalue weighted by Gasteiger charge is -2.15. The molecule has 19 heavy (non-hydrogen) atoms. The molecule has 1 N–H and O–H groups in total. The SMILES string of the molecule is O=C(Cc1ccc(Br)cc1)N[C@@H]1CCN(C2CC2)C1. The first-order valence-electron chi connectivity index (χ1n) is 6.98. The highest BCUT2D eigenvalue weighted by atomic mass is 79.9. The Bertz CT molecular complexity index is 456. The van der Waals surface area contributed by atoms with Gasteiger partial charge in [0, 0.05) is 29.6 Å². The van der Waals surface area contributed by atoms with Gasteiger partial charge >= 0.3 is 0 Å². The maximum atomic E-state index is 12.0. The van der Waals surface area contributed by atoms with Gasteiger partial charge in [-0.3, -0.25) is 9.69 Å². The van der Waals surface area contributed by atoms with Crippen molar-refractivity contribution in [3.8, 4) is 0 Å². The third-order valence-electron chi connectivity index (χ3n) is 3.93. The van der Waals surface area contributed by atoms with Crippen LogP contribution in [0.5, 0.6) is 0 Å². The Balaban J connectivity index is 1.47. The molecule has 3 nitrogen and oxygen atoms in total. The minimum absolute atomic E-state index is 0.143. The molecule has 0 spiro atoms. The number of amides is 1. The normalized spacial score (nSPS) is 23.5. The van der Waals surface area contributed by atoms with Crippen molar-refractivity contribution in [2.75, 3.05) is 13.1 Å². The maximum absolute atomic E-state index is 12.0. The van der Waals surface area contributed by atoms with E-state index in [-0.39, 0.29) is 5.91 Å². The fourth-order valence-electron chi connectivity index (χ4n) is 2.74. The van der Waals surface area contributed by atoms with Gasteiger partial charge in [0.1, 0.15) is 0 Å². The number of likely N-dealkylation sites (tertiary alicyclic amines) is 1. The van der Waals surface area contributed by atoms with E-state index in [2.05, 4.69) is 26.1 Å². The molecule has 1 heterocycles. The molecule has 1 amide bonds. The van der Waals surface area contributed by atoms with E-state index in [1.807, 2.05) is 24.3 Å². The molecule has 1 atom stereocenters. The van der Waals surface area contributed by atoms with Crippen molar-refractivity contribution in [2.45, 2.75) is 37.8 Å². The summed E-state index contributed by atoms with van der Waals surface area (Å²) in [7, 11) is 0. The van der Waals surface area contributed by atoms with E-state index < -0.39 is 0 Å². The summed E-state index contributed by atoms with van der Waals surface area (Å²) in [4.78, 5) is 14.5. The summed E-state index contributed by atoms with van der Waals surface area (Å²) in [6.07, 6.45) is 4.27. The average Bonchev–Trinajstić information content (AvgIpc) is 3.14. The van der Waals surface area contributed by atoms with Gasteiger partial charge in [-0.15, -0.1) is 0 Å². The Morgan fingerprint density at radius 2 is 2.00 bits per heavy atom. The van der Waals surface area contributed by atoms with E-state index in [4.69, 9.17) is 0 Å². The van der Waals surface area contributed by atoms with Crippen LogP contribution in [0.2, 0.25) is 0 Å². The number of rotatable bonds is 4. The Morgan fingerprint density at radius 1 is 1.26 bits per heavy atom. The maximum Gasteiger partial charge on any atom is 0.224 e. The van der Waals surface area contributed by atoms with Gasteiger partial charge in [0.2, 0.25) is 5.91 Å². The summed E-state index contributed by atoms with van der Waals surface area (Å²) >= 11 is 3.40. The number of nitrogens with zero attached hydrogens (tertiary/aromatic N) is 1. The zero-order valence-corrected chi connectivity index (χ0v) is 12.5.